The molecule has 0 saturated carbocycles. The van der Waals surface area contributed by atoms with E-state index in [0.29, 0.717) is 28.7 Å². The lowest BCUT2D eigenvalue weighted by atomic mass is 10.1. The number of piperidine rings is 1. The molecule has 1 aromatic rings. The molecule has 7 heteroatoms. The molecule has 1 aliphatic heterocycles. The molecule has 0 aromatic heterocycles. The number of nitrogens with two attached hydrogens (primary N) is 1. The summed E-state index contributed by atoms with van der Waals surface area (Å²) in [6.07, 6.45) is 2.46. The Kier molecular flexibility index (Phi) is 4.73. The second-order valence-electron chi connectivity index (χ2n) is 5.09. The summed E-state index contributed by atoms with van der Waals surface area (Å²) in [4.78, 5) is 0.221. The normalized spacial score (nSPS) is 21.1. The average molecular weight is 363 g/mol. The van der Waals surface area contributed by atoms with Gasteiger partial charge in [-0.3, -0.25) is 0 Å². The summed E-state index contributed by atoms with van der Waals surface area (Å²) in [6.45, 7) is 2.04. The Labute approximate surface area is 128 Å². The van der Waals surface area contributed by atoms with Crippen molar-refractivity contribution in [2.45, 2.75) is 37.1 Å². The van der Waals surface area contributed by atoms with Crippen LogP contribution in [0.4, 0.5) is 5.69 Å². The van der Waals surface area contributed by atoms with Gasteiger partial charge in [0.2, 0.25) is 10.0 Å². The van der Waals surface area contributed by atoms with E-state index in [1.165, 1.54) is 10.4 Å². The van der Waals surface area contributed by atoms with Crippen molar-refractivity contribution in [1.82, 2.24) is 4.31 Å². The smallest absolute Gasteiger partial charge is 0.243 e. The first-order valence-electron chi connectivity index (χ1n) is 6.56. The molecule has 112 valence electrons. The van der Waals surface area contributed by atoms with Gasteiger partial charge in [-0.1, -0.05) is 6.42 Å². The van der Waals surface area contributed by atoms with Crippen molar-refractivity contribution in [2.75, 3.05) is 18.9 Å². The number of anilines is 1. The van der Waals surface area contributed by atoms with Gasteiger partial charge in [0.15, 0.2) is 0 Å². The van der Waals surface area contributed by atoms with E-state index in [-0.39, 0.29) is 17.5 Å². The zero-order valence-electron chi connectivity index (χ0n) is 11.3. The number of sulfonamides is 1. The lowest BCUT2D eigenvalue weighted by Gasteiger charge is -2.33. The topological polar surface area (TPSA) is 83.6 Å². The third-order valence-corrected chi connectivity index (χ3v) is 6.45. The van der Waals surface area contributed by atoms with Gasteiger partial charge < -0.3 is 10.8 Å². The largest absolute Gasteiger partial charge is 0.398 e. The molecule has 1 aromatic carbocycles. The molecule has 1 heterocycles. The highest BCUT2D eigenvalue weighted by atomic mass is 79.9. The molecule has 5 nitrogen and oxygen atoms in total. The van der Waals surface area contributed by atoms with E-state index in [4.69, 9.17) is 5.73 Å². The fourth-order valence-electron chi connectivity index (χ4n) is 2.55. The number of rotatable bonds is 3. The third-order valence-electron chi connectivity index (χ3n) is 3.66. The molecular formula is C13H19BrN2O3S. The summed E-state index contributed by atoms with van der Waals surface area (Å²) in [5, 5.41) is 9.40. The lowest BCUT2D eigenvalue weighted by Crippen LogP contribution is -2.45. The monoisotopic (exact) mass is 362 g/mol. The van der Waals surface area contributed by atoms with Gasteiger partial charge in [-0.15, -0.1) is 0 Å². The van der Waals surface area contributed by atoms with Crippen molar-refractivity contribution in [2.24, 2.45) is 0 Å². The number of nitrogen functional groups attached to an aromatic ring is 1. The van der Waals surface area contributed by atoms with Crippen LogP contribution >= 0.6 is 15.9 Å². The van der Waals surface area contributed by atoms with Crippen molar-refractivity contribution in [3.63, 3.8) is 0 Å². The van der Waals surface area contributed by atoms with Crippen LogP contribution in [-0.2, 0) is 10.0 Å². The van der Waals surface area contributed by atoms with Gasteiger partial charge >= 0.3 is 0 Å². The third kappa shape index (κ3) is 2.86. The van der Waals surface area contributed by atoms with Crippen LogP contribution in [0.1, 0.15) is 24.8 Å². The summed E-state index contributed by atoms with van der Waals surface area (Å²) in [6, 6.07) is 2.86. The van der Waals surface area contributed by atoms with E-state index < -0.39 is 10.0 Å². The molecular weight excluding hydrogens is 344 g/mol. The van der Waals surface area contributed by atoms with Crippen LogP contribution in [0.5, 0.6) is 0 Å². The lowest BCUT2D eigenvalue weighted by molar-refractivity contribution is 0.155. The van der Waals surface area contributed by atoms with E-state index in [1.54, 1.807) is 13.0 Å². The quantitative estimate of drug-likeness (QED) is 0.804. The molecule has 1 aliphatic rings. The molecule has 1 atom stereocenters. The van der Waals surface area contributed by atoms with Crippen molar-refractivity contribution in [1.29, 1.82) is 0 Å². The van der Waals surface area contributed by atoms with Crippen LogP contribution < -0.4 is 5.73 Å². The van der Waals surface area contributed by atoms with E-state index in [9.17, 15) is 13.5 Å². The highest BCUT2D eigenvalue weighted by Crippen LogP contribution is 2.31. The summed E-state index contributed by atoms with van der Waals surface area (Å²) in [7, 11) is -3.62. The first-order valence-corrected chi connectivity index (χ1v) is 8.79. The van der Waals surface area contributed by atoms with Crippen LogP contribution in [-0.4, -0.2) is 37.0 Å². The maximum atomic E-state index is 12.8. The van der Waals surface area contributed by atoms with Gasteiger partial charge in [0.1, 0.15) is 0 Å². The first kappa shape index (κ1) is 15.8. The summed E-state index contributed by atoms with van der Waals surface area (Å²) in [5.74, 6) is 0. The van der Waals surface area contributed by atoms with Crippen molar-refractivity contribution >= 4 is 31.6 Å². The second-order valence-corrected chi connectivity index (χ2v) is 7.80. The summed E-state index contributed by atoms with van der Waals surface area (Å²) < 4.78 is 27.7. The van der Waals surface area contributed by atoms with Gasteiger partial charge in [-0.2, -0.15) is 4.31 Å². The Morgan fingerprint density at radius 3 is 2.80 bits per heavy atom. The van der Waals surface area contributed by atoms with Gasteiger partial charge in [0.25, 0.3) is 0 Å². The number of aliphatic hydroxyl groups excluding tert-OH is 1. The first-order chi connectivity index (χ1) is 9.37. The fourth-order valence-corrected chi connectivity index (χ4v) is 4.93. The number of halogens is 1. The minimum absolute atomic E-state index is 0.149. The molecule has 0 amide bonds. The zero-order chi connectivity index (χ0) is 14.9. The highest BCUT2D eigenvalue weighted by molar-refractivity contribution is 9.10. The number of aryl methyl sites for hydroxylation is 1. The molecule has 0 aliphatic carbocycles. The standard InChI is InChI=1S/C13H19BrN2O3S/c1-9-6-11(14)12(15)7-13(9)20(18,19)16-5-3-2-4-10(16)8-17/h6-7,10,17H,2-5,8,15H2,1H3. The van der Waals surface area contributed by atoms with Crippen LogP contribution in [0.25, 0.3) is 0 Å². The Balaban J connectivity index is 2.46. The average Bonchev–Trinajstić information content (AvgIpc) is 2.42. The van der Waals surface area contributed by atoms with Crippen molar-refractivity contribution < 1.29 is 13.5 Å². The molecule has 2 rings (SSSR count). The molecule has 1 fully saturated rings. The molecule has 1 unspecified atom stereocenters. The highest BCUT2D eigenvalue weighted by Gasteiger charge is 2.34. The SMILES string of the molecule is Cc1cc(Br)c(N)cc1S(=O)(=O)N1CCCCC1CO. The van der Waals surface area contributed by atoms with E-state index in [1.807, 2.05) is 0 Å². The maximum absolute atomic E-state index is 12.8. The number of benzene rings is 1. The van der Waals surface area contributed by atoms with Gasteiger partial charge in [-0.05, 0) is 53.4 Å². The number of hydrogen-bond acceptors (Lipinski definition) is 4. The zero-order valence-corrected chi connectivity index (χ0v) is 13.7. The van der Waals surface area contributed by atoms with Gasteiger partial charge in [0.05, 0.1) is 11.5 Å². The molecule has 0 spiro atoms. The summed E-state index contributed by atoms with van der Waals surface area (Å²) in [5.41, 5.74) is 6.85. The number of aliphatic hydroxyl groups is 1. The molecule has 3 N–H and O–H groups in total. The number of hydrogen-bond donors (Lipinski definition) is 2. The Bertz CT molecular complexity index is 604. The van der Waals surface area contributed by atoms with Gasteiger partial charge in [0, 0.05) is 22.7 Å². The Morgan fingerprint density at radius 2 is 2.15 bits per heavy atom. The molecule has 20 heavy (non-hydrogen) atoms. The van der Waals surface area contributed by atoms with Crippen molar-refractivity contribution in [3.05, 3.63) is 22.2 Å². The minimum Gasteiger partial charge on any atom is -0.398 e. The van der Waals surface area contributed by atoms with E-state index in [2.05, 4.69) is 15.9 Å². The van der Waals surface area contributed by atoms with Crippen molar-refractivity contribution in [3.8, 4) is 0 Å². The molecule has 0 bridgehead atoms. The van der Waals surface area contributed by atoms with Crippen LogP contribution in [0.2, 0.25) is 0 Å². The maximum Gasteiger partial charge on any atom is 0.243 e. The molecule has 1 saturated heterocycles. The van der Waals surface area contributed by atoms with E-state index >= 15 is 0 Å². The van der Waals surface area contributed by atoms with E-state index in [0.717, 1.165) is 12.8 Å². The Hall–Kier alpha value is -0.630. The predicted octanol–water partition coefficient (Wildman–Crippen LogP) is 1.88. The minimum atomic E-state index is -3.62. The van der Waals surface area contributed by atoms with Crippen LogP contribution in [0.15, 0.2) is 21.5 Å². The molecule has 0 radical (unpaired) electrons. The Morgan fingerprint density at radius 1 is 1.45 bits per heavy atom. The predicted molar refractivity (Wildman–Crippen MR) is 81.9 cm³/mol. The summed E-state index contributed by atoms with van der Waals surface area (Å²) >= 11 is 3.30. The second kappa shape index (κ2) is 6.01. The van der Waals surface area contributed by atoms with Gasteiger partial charge in [-0.25, -0.2) is 8.42 Å². The number of nitrogens with zero attached hydrogens (tertiary/aromatic N) is 1. The van der Waals surface area contributed by atoms with Crippen LogP contribution in [0, 0.1) is 6.92 Å². The fraction of sp³-hybridized carbons (Fsp3) is 0.538. The van der Waals surface area contributed by atoms with Crippen LogP contribution in [0.3, 0.4) is 0 Å².